The molecule has 2 aromatic heterocycles. The molecule has 0 saturated heterocycles. The predicted molar refractivity (Wildman–Crippen MR) is 60.0 cm³/mol. The number of aromatic amines is 1. The van der Waals surface area contributed by atoms with Gasteiger partial charge in [0.25, 0.3) is 0 Å². The summed E-state index contributed by atoms with van der Waals surface area (Å²) in [6.07, 6.45) is 8.55. The number of fused-ring (bicyclic) bond motifs is 1. The molecule has 0 radical (unpaired) electrons. The van der Waals surface area contributed by atoms with Crippen LogP contribution in [-0.4, -0.2) is 19.9 Å². The van der Waals surface area contributed by atoms with Crippen molar-refractivity contribution in [3.05, 3.63) is 35.8 Å². The molecule has 0 aliphatic heterocycles. The molecule has 3 rings (SSSR count). The lowest BCUT2D eigenvalue weighted by Gasteiger charge is -2.07. The van der Waals surface area contributed by atoms with Crippen molar-refractivity contribution in [1.82, 2.24) is 19.9 Å². The van der Waals surface area contributed by atoms with Gasteiger partial charge in [-0.25, -0.2) is 15.0 Å². The highest BCUT2D eigenvalue weighted by Crippen LogP contribution is 2.25. The molecule has 2 aromatic rings. The second kappa shape index (κ2) is 3.92. The first-order valence-electron chi connectivity index (χ1n) is 5.48. The number of aromatic nitrogens is 4. The number of H-pyrrole nitrogens is 1. The van der Waals surface area contributed by atoms with E-state index < -0.39 is 0 Å². The zero-order valence-corrected chi connectivity index (χ0v) is 8.90. The van der Waals surface area contributed by atoms with Gasteiger partial charge >= 0.3 is 0 Å². The van der Waals surface area contributed by atoms with Crippen LogP contribution in [0.3, 0.4) is 0 Å². The van der Waals surface area contributed by atoms with Crippen LogP contribution in [0.1, 0.15) is 23.5 Å². The lowest BCUT2D eigenvalue weighted by molar-refractivity contribution is 0.899. The van der Waals surface area contributed by atoms with Crippen molar-refractivity contribution in [2.45, 2.75) is 25.8 Å². The summed E-state index contributed by atoms with van der Waals surface area (Å²) in [5, 5.41) is 3.30. The third-order valence-corrected chi connectivity index (χ3v) is 2.85. The van der Waals surface area contributed by atoms with Crippen LogP contribution < -0.4 is 5.32 Å². The summed E-state index contributed by atoms with van der Waals surface area (Å²) in [4.78, 5) is 15.8. The normalized spacial score (nSPS) is 13.8. The fraction of sp³-hybridized carbons (Fsp3) is 0.364. The van der Waals surface area contributed by atoms with Crippen LogP contribution in [0.4, 0.5) is 5.82 Å². The van der Waals surface area contributed by atoms with Gasteiger partial charge in [-0.15, -0.1) is 0 Å². The molecule has 0 amide bonds. The SMILES string of the molecule is c1c[nH]c(CNc2ncnc3c2CCC3)n1. The van der Waals surface area contributed by atoms with Crippen LogP contribution in [0.5, 0.6) is 0 Å². The molecule has 2 N–H and O–H groups in total. The molecule has 2 heterocycles. The van der Waals surface area contributed by atoms with Crippen molar-refractivity contribution in [3.63, 3.8) is 0 Å². The molecule has 5 heteroatoms. The maximum Gasteiger partial charge on any atom is 0.133 e. The molecule has 0 fully saturated rings. The maximum atomic E-state index is 4.29. The Hall–Kier alpha value is -1.91. The Balaban J connectivity index is 1.78. The van der Waals surface area contributed by atoms with Crippen LogP contribution in [0, 0.1) is 0 Å². The van der Waals surface area contributed by atoms with E-state index in [2.05, 4.69) is 25.3 Å². The number of rotatable bonds is 3. The Labute approximate surface area is 93.4 Å². The van der Waals surface area contributed by atoms with E-state index in [1.807, 2.05) is 6.20 Å². The molecule has 0 aromatic carbocycles. The number of aryl methyl sites for hydroxylation is 1. The van der Waals surface area contributed by atoms with Gasteiger partial charge in [0.05, 0.1) is 6.54 Å². The highest BCUT2D eigenvalue weighted by Gasteiger charge is 2.16. The number of imidazole rings is 1. The zero-order chi connectivity index (χ0) is 10.8. The Morgan fingerprint density at radius 3 is 3.12 bits per heavy atom. The van der Waals surface area contributed by atoms with Crippen LogP contribution in [-0.2, 0) is 19.4 Å². The first-order valence-corrected chi connectivity index (χ1v) is 5.48. The molecule has 0 unspecified atom stereocenters. The monoisotopic (exact) mass is 215 g/mol. The van der Waals surface area contributed by atoms with Crippen molar-refractivity contribution in [1.29, 1.82) is 0 Å². The van der Waals surface area contributed by atoms with Crippen LogP contribution in [0.15, 0.2) is 18.7 Å². The van der Waals surface area contributed by atoms with E-state index in [9.17, 15) is 0 Å². The summed E-state index contributed by atoms with van der Waals surface area (Å²) in [6, 6.07) is 0. The van der Waals surface area contributed by atoms with Gasteiger partial charge in [-0.05, 0) is 19.3 Å². The molecule has 5 nitrogen and oxygen atoms in total. The van der Waals surface area contributed by atoms with Crippen LogP contribution in [0.25, 0.3) is 0 Å². The summed E-state index contributed by atoms with van der Waals surface area (Å²) in [5.74, 6) is 1.88. The van der Waals surface area contributed by atoms with E-state index in [1.165, 1.54) is 17.7 Å². The topological polar surface area (TPSA) is 66.5 Å². The highest BCUT2D eigenvalue weighted by atomic mass is 15.0. The van der Waals surface area contributed by atoms with E-state index in [0.717, 1.165) is 24.5 Å². The van der Waals surface area contributed by atoms with Crippen molar-refractivity contribution in [3.8, 4) is 0 Å². The molecule has 0 bridgehead atoms. The number of hydrogen-bond acceptors (Lipinski definition) is 4. The highest BCUT2D eigenvalue weighted by molar-refractivity contribution is 5.47. The first kappa shape index (κ1) is 9.33. The van der Waals surface area contributed by atoms with Gasteiger partial charge in [-0.1, -0.05) is 0 Å². The second-order valence-corrected chi connectivity index (χ2v) is 3.89. The first-order chi connectivity index (χ1) is 7.93. The van der Waals surface area contributed by atoms with E-state index in [1.54, 1.807) is 12.5 Å². The lowest BCUT2D eigenvalue weighted by atomic mass is 10.2. The van der Waals surface area contributed by atoms with Crippen molar-refractivity contribution in [2.24, 2.45) is 0 Å². The fourth-order valence-corrected chi connectivity index (χ4v) is 2.07. The van der Waals surface area contributed by atoms with Gasteiger partial charge in [-0.2, -0.15) is 0 Å². The van der Waals surface area contributed by atoms with E-state index >= 15 is 0 Å². The molecular formula is C11H13N5. The van der Waals surface area contributed by atoms with Gasteiger partial charge in [0.2, 0.25) is 0 Å². The van der Waals surface area contributed by atoms with Crippen molar-refractivity contribution in [2.75, 3.05) is 5.32 Å². The van der Waals surface area contributed by atoms with Gasteiger partial charge in [0.1, 0.15) is 18.0 Å². The summed E-state index contributed by atoms with van der Waals surface area (Å²) < 4.78 is 0. The minimum atomic E-state index is 0.677. The average molecular weight is 215 g/mol. The summed E-state index contributed by atoms with van der Waals surface area (Å²) in [6.45, 7) is 0.677. The van der Waals surface area contributed by atoms with Gasteiger partial charge in [-0.3, -0.25) is 0 Å². The van der Waals surface area contributed by atoms with E-state index in [0.29, 0.717) is 6.54 Å². The number of nitrogens with one attached hydrogen (secondary N) is 2. The zero-order valence-electron chi connectivity index (χ0n) is 8.90. The van der Waals surface area contributed by atoms with Crippen molar-refractivity contribution < 1.29 is 0 Å². The lowest BCUT2D eigenvalue weighted by Crippen LogP contribution is -2.06. The largest absolute Gasteiger partial charge is 0.363 e. The third kappa shape index (κ3) is 1.64. The number of nitrogens with zero attached hydrogens (tertiary/aromatic N) is 3. The van der Waals surface area contributed by atoms with Gasteiger partial charge < -0.3 is 10.3 Å². The molecule has 82 valence electrons. The van der Waals surface area contributed by atoms with E-state index in [4.69, 9.17) is 0 Å². The predicted octanol–water partition coefficient (Wildman–Crippen LogP) is 1.30. The Morgan fingerprint density at radius 2 is 2.25 bits per heavy atom. The standard InChI is InChI=1S/C11H13N5/c1-2-8-9(3-1)15-7-16-11(8)14-6-10-12-4-5-13-10/h4-5,7H,1-3,6H2,(H,12,13)(H,14,15,16). The van der Waals surface area contributed by atoms with Gasteiger partial charge in [0.15, 0.2) is 0 Å². The average Bonchev–Trinajstić information content (AvgIpc) is 2.97. The molecule has 16 heavy (non-hydrogen) atoms. The molecule has 1 aliphatic rings. The molecule has 0 spiro atoms. The Morgan fingerprint density at radius 1 is 1.25 bits per heavy atom. The smallest absolute Gasteiger partial charge is 0.133 e. The molecule has 0 atom stereocenters. The Bertz CT molecular complexity index is 477. The molecule has 0 saturated carbocycles. The summed E-state index contributed by atoms with van der Waals surface area (Å²) in [7, 11) is 0. The fourth-order valence-electron chi connectivity index (χ4n) is 2.07. The van der Waals surface area contributed by atoms with Gasteiger partial charge in [0, 0.05) is 23.7 Å². The third-order valence-electron chi connectivity index (χ3n) is 2.85. The minimum absolute atomic E-state index is 0.677. The van der Waals surface area contributed by atoms with Crippen molar-refractivity contribution >= 4 is 5.82 Å². The Kier molecular flexibility index (Phi) is 2.29. The maximum absolute atomic E-state index is 4.29. The van der Waals surface area contributed by atoms with Crippen LogP contribution in [0.2, 0.25) is 0 Å². The van der Waals surface area contributed by atoms with E-state index in [-0.39, 0.29) is 0 Å². The number of hydrogen-bond donors (Lipinski definition) is 2. The summed E-state index contributed by atoms with van der Waals surface area (Å²) in [5.41, 5.74) is 2.46. The minimum Gasteiger partial charge on any atom is -0.363 e. The molecular weight excluding hydrogens is 202 g/mol. The van der Waals surface area contributed by atoms with Crippen LogP contribution >= 0.6 is 0 Å². The molecule has 1 aliphatic carbocycles. The quantitative estimate of drug-likeness (QED) is 0.810. The second-order valence-electron chi connectivity index (χ2n) is 3.89. The summed E-state index contributed by atoms with van der Waals surface area (Å²) >= 11 is 0. The number of anilines is 1.